The van der Waals surface area contributed by atoms with Gasteiger partial charge in [-0.05, 0) is 32.1 Å². The second-order valence-electron chi connectivity index (χ2n) is 4.78. The minimum atomic E-state index is -0.284. The molecular formula is C13H22O2. The predicted molar refractivity (Wildman–Crippen MR) is 63.6 cm³/mol. The first-order valence-electron chi connectivity index (χ1n) is 5.25. The van der Waals surface area contributed by atoms with Crippen LogP contribution in [0.4, 0.5) is 0 Å². The van der Waals surface area contributed by atoms with Crippen LogP contribution in [0.3, 0.4) is 0 Å². The minimum Gasteiger partial charge on any atom is -0.466 e. The molecule has 0 aliphatic carbocycles. The summed E-state index contributed by atoms with van der Waals surface area (Å²) in [4.78, 5) is 10.8. The monoisotopic (exact) mass is 210 g/mol. The smallest absolute Gasteiger partial charge is 0.330 e. The van der Waals surface area contributed by atoms with Crippen LogP contribution < -0.4 is 0 Å². The van der Waals surface area contributed by atoms with Gasteiger partial charge in [0.1, 0.15) is 0 Å². The molecule has 0 aliphatic heterocycles. The van der Waals surface area contributed by atoms with Crippen LogP contribution in [0.5, 0.6) is 0 Å². The minimum absolute atomic E-state index is 0.196. The summed E-state index contributed by atoms with van der Waals surface area (Å²) < 4.78 is 4.53. The molecule has 0 saturated carbocycles. The van der Waals surface area contributed by atoms with Crippen molar-refractivity contribution in [3.8, 4) is 0 Å². The zero-order chi connectivity index (χ0) is 11.9. The normalized spacial score (nSPS) is 11.5. The zero-order valence-corrected chi connectivity index (χ0v) is 10.5. The molecule has 86 valence electrons. The van der Waals surface area contributed by atoms with Crippen molar-refractivity contribution in [1.29, 1.82) is 0 Å². The van der Waals surface area contributed by atoms with Crippen molar-refractivity contribution in [2.24, 2.45) is 5.41 Å². The summed E-state index contributed by atoms with van der Waals surface area (Å²) >= 11 is 0. The second kappa shape index (κ2) is 6.44. The van der Waals surface area contributed by atoms with E-state index in [1.54, 1.807) is 0 Å². The Morgan fingerprint density at radius 2 is 1.87 bits per heavy atom. The van der Waals surface area contributed by atoms with Crippen molar-refractivity contribution in [1.82, 2.24) is 0 Å². The van der Waals surface area contributed by atoms with Crippen LogP contribution >= 0.6 is 0 Å². The Morgan fingerprint density at radius 1 is 1.27 bits per heavy atom. The lowest BCUT2D eigenvalue weighted by Gasteiger charge is -2.20. The summed E-state index contributed by atoms with van der Waals surface area (Å²) in [5, 5.41) is 0. The molecule has 0 unspecified atom stereocenters. The quantitative estimate of drug-likeness (QED) is 0.394. The molecule has 0 aromatic carbocycles. The standard InChI is InChI=1S/C13H22O2/c1-11(2)8-10-13(3,4)9-6-7-12(14)15-5/h6-8H,9-10H2,1-5H3/b7-6+. The summed E-state index contributed by atoms with van der Waals surface area (Å²) in [6, 6.07) is 0. The largest absolute Gasteiger partial charge is 0.466 e. The van der Waals surface area contributed by atoms with E-state index in [0.717, 1.165) is 12.8 Å². The number of hydrogen-bond donors (Lipinski definition) is 0. The molecule has 0 atom stereocenters. The van der Waals surface area contributed by atoms with E-state index in [4.69, 9.17) is 0 Å². The Kier molecular flexibility index (Phi) is 5.99. The molecule has 15 heavy (non-hydrogen) atoms. The van der Waals surface area contributed by atoms with Gasteiger partial charge in [-0.25, -0.2) is 4.79 Å². The summed E-state index contributed by atoms with van der Waals surface area (Å²) in [7, 11) is 1.39. The molecule has 2 nitrogen and oxygen atoms in total. The molecule has 0 heterocycles. The van der Waals surface area contributed by atoms with Crippen LogP contribution in [0.25, 0.3) is 0 Å². The van der Waals surface area contributed by atoms with Gasteiger partial charge in [0.15, 0.2) is 0 Å². The fraction of sp³-hybridized carbons (Fsp3) is 0.615. The van der Waals surface area contributed by atoms with Gasteiger partial charge in [-0.3, -0.25) is 0 Å². The fourth-order valence-electron chi connectivity index (χ4n) is 1.11. The Hall–Kier alpha value is -1.05. The van der Waals surface area contributed by atoms with Gasteiger partial charge in [0.05, 0.1) is 7.11 Å². The van der Waals surface area contributed by atoms with Crippen molar-refractivity contribution < 1.29 is 9.53 Å². The van der Waals surface area contributed by atoms with Crippen LogP contribution in [0.2, 0.25) is 0 Å². The van der Waals surface area contributed by atoms with Crippen molar-refractivity contribution in [2.75, 3.05) is 7.11 Å². The summed E-state index contributed by atoms with van der Waals surface area (Å²) in [6.45, 7) is 8.57. The summed E-state index contributed by atoms with van der Waals surface area (Å²) in [6.07, 6.45) is 7.51. The van der Waals surface area contributed by atoms with Gasteiger partial charge in [0, 0.05) is 6.08 Å². The number of carbonyl (C=O) groups excluding carboxylic acids is 1. The molecule has 0 fully saturated rings. The Bertz CT molecular complexity index is 256. The van der Waals surface area contributed by atoms with Crippen LogP contribution in [-0.2, 0) is 9.53 Å². The Balaban J connectivity index is 4.09. The highest BCUT2D eigenvalue weighted by atomic mass is 16.5. The molecule has 0 aromatic heterocycles. The first-order valence-corrected chi connectivity index (χ1v) is 5.25. The van der Waals surface area contributed by atoms with E-state index in [-0.39, 0.29) is 11.4 Å². The van der Waals surface area contributed by atoms with Gasteiger partial charge in [-0.2, -0.15) is 0 Å². The number of ether oxygens (including phenoxy) is 1. The van der Waals surface area contributed by atoms with Gasteiger partial charge in [-0.15, -0.1) is 0 Å². The lowest BCUT2D eigenvalue weighted by atomic mass is 9.85. The van der Waals surface area contributed by atoms with Crippen LogP contribution in [0, 0.1) is 5.41 Å². The van der Waals surface area contributed by atoms with Crippen molar-refractivity contribution in [3.05, 3.63) is 23.8 Å². The molecule has 0 amide bonds. The average Bonchev–Trinajstić information content (AvgIpc) is 2.14. The number of carbonyl (C=O) groups is 1. The third-order valence-corrected chi connectivity index (χ3v) is 2.19. The Labute approximate surface area is 93.0 Å². The van der Waals surface area contributed by atoms with E-state index in [1.165, 1.54) is 18.8 Å². The van der Waals surface area contributed by atoms with Crippen molar-refractivity contribution in [2.45, 2.75) is 40.5 Å². The lowest BCUT2D eigenvalue weighted by Crippen LogP contribution is -2.08. The first-order chi connectivity index (χ1) is 6.87. The van der Waals surface area contributed by atoms with E-state index in [1.807, 2.05) is 6.08 Å². The maximum Gasteiger partial charge on any atom is 0.330 e. The predicted octanol–water partition coefficient (Wildman–Crippen LogP) is 3.49. The molecule has 0 aromatic rings. The molecule has 0 spiro atoms. The molecular weight excluding hydrogens is 188 g/mol. The average molecular weight is 210 g/mol. The van der Waals surface area contributed by atoms with Gasteiger partial charge in [-0.1, -0.05) is 31.6 Å². The maximum atomic E-state index is 10.8. The van der Waals surface area contributed by atoms with Gasteiger partial charge < -0.3 is 4.74 Å². The SMILES string of the molecule is COC(=O)/C=C/CC(C)(C)CC=C(C)C. The molecule has 0 N–H and O–H groups in total. The van der Waals surface area contributed by atoms with E-state index >= 15 is 0 Å². The highest BCUT2D eigenvalue weighted by Crippen LogP contribution is 2.26. The Morgan fingerprint density at radius 3 is 2.33 bits per heavy atom. The zero-order valence-electron chi connectivity index (χ0n) is 10.5. The number of hydrogen-bond acceptors (Lipinski definition) is 2. The van der Waals surface area contributed by atoms with Gasteiger partial charge >= 0.3 is 5.97 Å². The number of rotatable bonds is 5. The van der Waals surface area contributed by atoms with Crippen molar-refractivity contribution >= 4 is 5.97 Å². The third-order valence-electron chi connectivity index (χ3n) is 2.19. The summed E-state index contributed by atoms with van der Waals surface area (Å²) in [5.41, 5.74) is 1.53. The van der Waals surface area contributed by atoms with Crippen molar-refractivity contribution in [3.63, 3.8) is 0 Å². The third kappa shape index (κ3) is 7.98. The number of esters is 1. The lowest BCUT2D eigenvalue weighted by molar-refractivity contribution is -0.134. The first kappa shape index (κ1) is 13.9. The fourth-order valence-corrected chi connectivity index (χ4v) is 1.11. The highest BCUT2D eigenvalue weighted by molar-refractivity contribution is 5.81. The van der Waals surface area contributed by atoms with E-state index in [9.17, 15) is 4.79 Å². The van der Waals surface area contributed by atoms with E-state index in [0.29, 0.717) is 0 Å². The maximum absolute atomic E-state index is 10.8. The van der Waals surface area contributed by atoms with Crippen LogP contribution in [-0.4, -0.2) is 13.1 Å². The molecule has 0 aliphatic rings. The topological polar surface area (TPSA) is 26.3 Å². The molecule has 0 radical (unpaired) electrons. The highest BCUT2D eigenvalue weighted by Gasteiger charge is 2.14. The van der Waals surface area contributed by atoms with E-state index in [2.05, 4.69) is 38.5 Å². The van der Waals surface area contributed by atoms with Crippen LogP contribution in [0.15, 0.2) is 23.8 Å². The van der Waals surface area contributed by atoms with Gasteiger partial charge in [0.2, 0.25) is 0 Å². The number of methoxy groups -OCH3 is 1. The second-order valence-corrected chi connectivity index (χ2v) is 4.78. The molecule has 0 saturated heterocycles. The van der Waals surface area contributed by atoms with E-state index < -0.39 is 0 Å². The molecule has 0 bridgehead atoms. The summed E-state index contributed by atoms with van der Waals surface area (Å²) in [5.74, 6) is -0.284. The molecule has 2 heteroatoms. The molecule has 0 rings (SSSR count). The van der Waals surface area contributed by atoms with Gasteiger partial charge in [0.25, 0.3) is 0 Å². The number of allylic oxidation sites excluding steroid dienone is 3. The van der Waals surface area contributed by atoms with Crippen LogP contribution in [0.1, 0.15) is 40.5 Å².